The van der Waals surface area contributed by atoms with Crippen LogP contribution in [0.2, 0.25) is 0 Å². The fraction of sp³-hybridized carbons (Fsp3) is 0.350. The van der Waals surface area contributed by atoms with Gasteiger partial charge in [0.1, 0.15) is 25.1 Å². The molecule has 5 heteroatoms. The highest BCUT2D eigenvalue weighted by Gasteiger charge is 2.32. The molecule has 132 valence electrons. The van der Waals surface area contributed by atoms with Gasteiger partial charge in [0.2, 0.25) is 0 Å². The predicted molar refractivity (Wildman–Crippen MR) is 92.4 cm³/mol. The molecule has 0 N–H and O–H groups in total. The number of ether oxygens (including phenoxy) is 4. The molecule has 5 nitrogen and oxygen atoms in total. The Morgan fingerprint density at radius 3 is 2.48 bits per heavy atom. The van der Waals surface area contributed by atoms with Crippen molar-refractivity contribution in [1.29, 1.82) is 0 Å². The van der Waals surface area contributed by atoms with Crippen LogP contribution in [0.15, 0.2) is 54.6 Å². The summed E-state index contributed by atoms with van der Waals surface area (Å²) in [5.41, 5.74) is 1.45. The van der Waals surface area contributed by atoms with Crippen LogP contribution in [0.25, 0.3) is 0 Å². The number of hydrogen-bond donors (Lipinski definition) is 0. The van der Waals surface area contributed by atoms with Crippen molar-refractivity contribution in [3.8, 4) is 5.75 Å². The van der Waals surface area contributed by atoms with Crippen LogP contribution < -0.4 is 4.74 Å². The second kappa shape index (κ2) is 7.68. The first-order chi connectivity index (χ1) is 12.0. The van der Waals surface area contributed by atoms with Gasteiger partial charge >= 0.3 is 5.97 Å². The van der Waals surface area contributed by atoms with E-state index in [-0.39, 0.29) is 18.7 Å². The second-order valence-electron chi connectivity index (χ2n) is 6.35. The van der Waals surface area contributed by atoms with Gasteiger partial charge in [0.25, 0.3) is 0 Å². The fourth-order valence-corrected chi connectivity index (χ4v) is 2.53. The quantitative estimate of drug-likeness (QED) is 0.751. The summed E-state index contributed by atoms with van der Waals surface area (Å²) < 4.78 is 22.2. The average Bonchev–Trinajstić information content (AvgIpc) is 2.98. The Labute approximate surface area is 147 Å². The van der Waals surface area contributed by atoms with Crippen molar-refractivity contribution in [3.05, 3.63) is 65.7 Å². The maximum absolute atomic E-state index is 12.1. The molecule has 0 aliphatic carbocycles. The molecule has 1 atom stereocenters. The summed E-state index contributed by atoms with van der Waals surface area (Å²) in [7, 11) is 0. The van der Waals surface area contributed by atoms with Crippen molar-refractivity contribution in [2.75, 3.05) is 13.2 Å². The number of hydrogen-bond acceptors (Lipinski definition) is 5. The molecule has 0 radical (unpaired) electrons. The summed E-state index contributed by atoms with van der Waals surface area (Å²) in [6.07, 6.45) is -0.0921. The van der Waals surface area contributed by atoms with E-state index in [1.54, 1.807) is 24.3 Å². The molecule has 1 heterocycles. The molecular formula is C20H22O5. The molecule has 0 bridgehead atoms. The third-order valence-electron chi connectivity index (χ3n) is 3.81. The molecule has 1 aliphatic rings. The number of benzene rings is 2. The van der Waals surface area contributed by atoms with Crippen LogP contribution in [0.5, 0.6) is 5.75 Å². The largest absolute Gasteiger partial charge is 0.491 e. The zero-order valence-corrected chi connectivity index (χ0v) is 14.4. The van der Waals surface area contributed by atoms with Crippen LogP contribution in [0.1, 0.15) is 29.8 Å². The van der Waals surface area contributed by atoms with E-state index in [2.05, 4.69) is 0 Å². The van der Waals surface area contributed by atoms with E-state index in [0.29, 0.717) is 24.5 Å². The van der Waals surface area contributed by atoms with Gasteiger partial charge in [-0.3, -0.25) is 0 Å². The van der Waals surface area contributed by atoms with Crippen molar-refractivity contribution in [3.63, 3.8) is 0 Å². The minimum absolute atomic E-state index is 0.0921. The van der Waals surface area contributed by atoms with E-state index in [1.807, 2.05) is 44.2 Å². The normalized spacial score (nSPS) is 18.7. The molecule has 0 spiro atoms. The lowest BCUT2D eigenvalue weighted by atomic mass is 10.2. The van der Waals surface area contributed by atoms with Gasteiger partial charge in [0, 0.05) is 0 Å². The van der Waals surface area contributed by atoms with Gasteiger partial charge in [-0.2, -0.15) is 0 Å². The molecule has 3 rings (SSSR count). The predicted octanol–water partition coefficient (Wildman–Crippen LogP) is 3.57. The van der Waals surface area contributed by atoms with Gasteiger partial charge in [-0.25, -0.2) is 4.79 Å². The lowest BCUT2D eigenvalue weighted by Gasteiger charge is -2.17. The van der Waals surface area contributed by atoms with E-state index in [0.717, 1.165) is 5.56 Å². The highest BCUT2D eigenvalue weighted by Crippen LogP contribution is 2.23. The van der Waals surface area contributed by atoms with Crippen LogP contribution in [0, 0.1) is 0 Å². The van der Waals surface area contributed by atoms with Crippen molar-refractivity contribution in [2.45, 2.75) is 32.3 Å². The molecule has 2 aromatic carbocycles. The third kappa shape index (κ3) is 5.05. The van der Waals surface area contributed by atoms with Gasteiger partial charge in [-0.15, -0.1) is 0 Å². The third-order valence-corrected chi connectivity index (χ3v) is 3.81. The van der Waals surface area contributed by atoms with Crippen LogP contribution in [-0.4, -0.2) is 31.1 Å². The van der Waals surface area contributed by atoms with Crippen molar-refractivity contribution < 1.29 is 23.7 Å². The van der Waals surface area contributed by atoms with Crippen molar-refractivity contribution in [2.24, 2.45) is 0 Å². The summed E-state index contributed by atoms with van der Waals surface area (Å²) >= 11 is 0. The Morgan fingerprint density at radius 1 is 1.12 bits per heavy atom. The first kappa shape index (κ1) is 17.5. The highest BCUT2D eigenvalue weighted by atomic mass is 16.7. The summed E-state index contributed by atoms with van der Waals surface area (Å²) in [6, 6.07) is 16.5. The first-order valence-electron chi connectivity index (χ1n) is 8.27. The topological polar surface area (TPSA) is 54.0 Å². The monoisotopic (exact) mass is 342 g/mol. The summed E-state index contributed by atoms with van der Waals surface area (Å²) in [5.74, 6) is -0.238. The Bertz CT molecular complexity index is 694. The number of esters is 1. The molecule has 0 aromatic heterocycles. The average molecular weight is 342 g/mol. The van der Waals surface area contributed by atoms with Crippen LogP contribution in [-0.2, 0) is 20.8 Å². The van der Waals surface area contributed by atoms with Gasteiger partial charge in [0.15, 0.2) is 5.79 Å². The van der Waals surface area contributed by atoms with E-state index in [9.17, 15) is 4.79 Å². The van der Waals surface area contributed by atoms with Crippen LogP contribution in [0.3, 0.4) is 0 Å². The minimum atomic E-state index is -0.555. The Morgan fingerprint density at radius 2 is 1.84 bits per heavy atom. The number of carbonyl (C=O) groups excluding carboxylic acids is 1. The number of carbonyl (C=O) groups is 1. The zero-order chi connectivity index (χ0) is 17.7. The van der Waals surface area contributed by atoms with Gasteiger partial charge in [0.05, 0.1) is 12.2 Å². The smallest absolute Gasteiger partial charge is 0.338 e. The van der Waals surface area contributed by atoms with Gasteiger partial charge in [-0.1, -0.05) is 30.3 Å². The molecule has 0 saturated carbocycles. The molecule has 2 aromatic rings. The van der Waals surface area contributed by atoms with Crippen molar-refractivity contribution in [1.82, 2.24) is 0 Å². The molecule has 0 amide bonds. The maximum Gasteiger partial charge on any atom is 0.338 e. The van der Waals surface area contributed by atoms with E-state index >= 15 is 0 Å². The summed E-state index contributed by atoms with van der Waals surface area (Å²) in [4.78, 5) is 12.1. The first-order valence-corrected chi connectivity index (χ1v) is 8.27. The molecule has 1 aliphatic heterocycles. The number of rotatable bonds is 6. The second-order valence-corrected chi connectivity index (χ2v) is 6.35. The summed E-state index contributed by atoms with van der Waals surface area (Å²) in [6.45, 7) is 4.93. The summed E-state index contributed by atoms with van der Waals surface area (Å²) in [5, 5.41) is 0. The standard InChI is InChI=1S/C20H22O5/c1-20(2)24-14-18(25-20)13-22-17-10-8-16(9-11-17)19(21)23-12-15-6-4-3-5-7-15/h3-11,18H,12-14H2,1-2H3/t18-/m0/s1. The zero-order valence-electron chi connectivity index (χ0n) is 14.4. The van der Waals surface area contributed by atoms with Gasteiger partial charge < -0.3 is 18.9 Å². The van der Waals surface area contributed by atoms with Crippen LogP contribution in [0.4, 0.5) is 0 Å². The maximum atomic E-state index is 12.1. The molecule has 1 fully saturated rings. The lowest BCUT2D eigenvalue weighted by Crippen LogP contribution is -2.25. The van der Waals surface area contributed by atoms with Gasteiger partial charge in [-0.05, 0) is 43.7 Å². The highest BCUT2D eigenvalue weighted by molar-refractivity contribution is 5.89. The van der Waals surface area contributed by atoms with E-state index < -0.39 is 5.79 Å². The van der Waals surface area contributed by atoms with E-state index in [1.165, 1.54) is 0 Å². The molecule has 25 heavy (non-hydrogen) atoms. The Hall–Kier alpha value is -2.37. The lowest BCUT2D eigenvalue weighted by molar-refractivity contribution is -0.141. The molecule has 0 unspecified atom stereocenters. The fourth-order valence-electron chi connectivity index (χ4n) is 2.53. The molecule has 1 saturated heterocycles. The Balaban J connectivity index is 1.47. The SMILES string of the molecule is CC1(C)OC[C@H](COc2ccc(C(=O)OCc3ccccc3)cc2)O1. The van der Waals surface area contributed by atoms with Crippen LogP contribution >= 0.6 is 0 Å². The molecular weight excluding hydrogens is 320 g/mol. The Kier molecular flexibility index (Phi) is 5.36. The van der Waals surface area contributed by atoms with E-state index in [4.69, 9.17) is 18.9 Å². The van der Waals surface area contributed by atoms with Crippen molar-refractivity contribution >= 4 is 5.97 Å². The minimum Gasteiger partial charge on any atom is -0.491 e.